The fourth-order valence-electron chi connectivity index (χ4n) is 2.94. The zero-order valence-electron chi connectivity index (χ0n) is 16.1. The van der Waals surface area contributed by atoms with Gasteiger partial charge in [0.05, 0.1) is 6.61 Å². The molecule has 0 amide bonds. The zero-order valence-corrected chi connectivity index (χ0v) is 16.1. The molecule has 3 rings (SSSR count). The second-order valence-electron chi connectivity index (χ2n) is 6.45. The molecule has 0 aliphatic heterocycles. The highest BCUT2D eigenvalue weighted by atomic mass is 19.2. The molecule has 0 saturated carbocycles. The van der Waals surface area contributed by atoms with Crippen LogP contribution in [0.4, 0.5) is 8.78 Å². The standard InChI is InChI=1S/C25H22F2O/c1-3-5-18-6-8-19(9-7-18)10-11-20-12-14-21(15-13-20)22-16-17-23(28-4-2)25(27)24(22)26/h6-9,12-17H,3-5H2,1-2H3. The van der Waals surface area contributed by atoms with Gasteiger partial charge in [0.1, 0.15) is 0 Å². The Bertz CT molecular complexity index is 994. The van der Waals surface area contributed by atoms with Crippen LogP contribution in [0.25, 0.3) is 11.1 Å². The molecule has 28 heavy (non-hydrogen) atoms. The van der Waals surface area contributed by atoms with Gasteiger partial charge in [-0.05, 0) is 60.9 Å². The van der Waals surface area contributed by atoms with Crippen LogP contribution in [-0.2, 0) is 6.42 Å². The van der Waals surface area contributed by atoms with Crippen molar-refractivity contribution in [2.75, 3.05) is 6.61 Å². The molecule has 0 spiro atoms. The second kappa shape index (κ2) is 9.19. The summed E-state index contributed by atoms with van der Waals surface area (Å²) >= 11 is 0. The Hall–Kier alpha value is -3.12. The van der Waals surface area contributed by atoms with Crippen LogP contribution in [0.1, 0.15) is 37.0 Å². The fourth-order valence-corrected chi connectivity index (χ4v) is 2.94. The van der Waals surface area contributed by atoms with Crippen molar-refractivity contribution in [1.29, 1.82) is 0 Å². The Morgan fingerprint density at radius 1 is 0.750 bits per heavy atom. The van der Waals surface area contributed by atoms with Crippen molar-refractivity contribution in [2.24, 2.45) is 0 Å². The summed E-state index contributed by atoms with van der Waals surface area (Å²) in [7, 11) is 0. The molecule has 0 saturated heterocycles. The van der Waals surface area contributed by atoms with Crippen LogP contribution < -0.4 is 4.74 Å². The van der Waals surface area contributed by atoms with E-state index in [-0.39, 0.29) is 17.9 Å². The Kier molecular flexibility index (Phi) is 6.45. The molecule has 0 bridgehead atoms. The molecule has 1 nitrogen and oxygen atoms in total. The first-order valence-corrected chi connectivity index (χ1v) is 9.44. The van der Waals surface area contributed by atoms with Crippen LogP contribution in [0.15, 0.2) is 60.7 Å². The summed E-state index contributed by atoms with van der Waals surface area (Å²) in [6.45, 7) is 4.17. The highest BCUT2D eigenvalue weighted by molar-refractivity contribution is 5.66. The molecule has 0 fully saturated rings. The molecular weight excluding hydrogens is 354 g/mol. The van der Waals surface area contributed by atoms with E-state index in [1.165, 1.54) is 17.7 Å². The molecule has 3 aromatic carbocycles. The van der Waals surface area contributed by atoms with Gasteiger partial charge in [0.25, 0.3) is 0 Å². The number of ether oxygens (including phenoxy) is 1. The van der Waals surface area contributed by atoms with E-state index >= 15 is 0 Å². The summed E-state index contributed by atoms with van der Waals surface area (Å²) in [5, 5.41) is 0. The van der Waals surface area contributed by atoms with E-state index in [9.17, 15) is 8.78 Å². The van der Waals surface area contributed by atoms with Crippen LogP contribution >= 0.6 is 0 Å². The van der Waals surface area contributed by atoms with E-state index in [4.69, 9.17) is 4.74 Å². The molecule has 0 radical (unpaired) electrons. The fraction of sp³-hybridized carbons (Fsp3) is 0.200. The zero-order chi connectivity index (χ0) is 19.9. The Morgan fingerprint density at radius 3 is 1.93 bits per heavy atom. The number of hydrogen-bond donors (Lipinski definition) is 0. The molecule has 0 aliphatic carbocycles. The minimum Gasteiger partial charge on any atom is -0.491 e. The molecule has 0 heterocycles. The van der Waals surface area contributed by atoms with E-state index in [0.29, 0.717) is 5.56 Å². The molecule has 3 aromatic rings. The third-order valence-electron chi connectivity index (χ3n) is 4.39. The molecule has 142 valence electrons. The van der Waals surface area contributed by atoms with Crippen LogP contribution in [0.2, 0.25) is 0 Å². The lowest BCUT2D eigenvalue weighted by atomic mass is 10.0. The lowest BCUT2D eigenvalue weighted by Gasteiger charge is -2.09. The molecule has 3 heteroatoms. The largest absolute Gasteiger partial charge is 0.491 e. The maximum Gasteiger partial charge on any atom is 0.201 e. The first kappa shape index (κ1) is 19.6. The summed E-state index contributed by atoms with van der Waals surface area (Å²) in [6, 6.07) is 18.3. The summed E-state index contributed by atoms with van der Waals surface area (Å²) in [5.41, 5.74) is 3.86. The van der Waals surface area contributed by atoms with Gasteiger partial charge in [-0.15, -0.1) is 0 Å². The number of halogens is 2. The molecule has 0 aliphatic rings. The highest BCUT2D eigenvalue weighted by Crippen LogP contribution is 2.30. The number of rotatable bonds is 5. The number of benzene rings is 3. The van der Waals surface area contributed by atoms with Crippen molar-refractivity contribution < 1.29 is 13.5 Å². The topological polar surface area (TPSA) is 9.23 Å². The third kappa shape index (κ3) is 4.58. The van der Waals surface area contributed by atoms with Gasteiger partial charge in [-0.2, -0.15) is 4.39 Å². The van der Waals surface area contributed by atoms with E-state index in [0.717, 1.165) is 24.0 Å². The second-order valence-corrected chi connectivity index (χ2v) is 6.45. The lowest BCUT2D eigenvalue weighted by Crippen LogP contribution is -1.98. The average molecular weight is 376 g/mol. The normalized spacial score (nSPS) is 10.3. The summed E-state index contributed by atoms with van der Waals surface area (Å²) in [4.78, 5) is 0. The van der Waals surface area contributed by atoms with Crippen molar-refractivity contribution >= 4 is 0 Å². The van der Waals surface area contributed by atoms with E-state index < -0.39 is 11.6 Å². The molecular formula is C25H22F2O. The monoisotopic (exact) mass is 376 g/mol. The minimum atomic E-state index is -0.963. The van der Waals surface area contributed by atoms with Crippen LogP contribution in [0.3, 0.4) is 0 Å². The van der Waals surface area contributed by atoms with E-state index in [1.807, 2.05) is 24.3 Å². The third-order valence-corrected chi connectivity index (χ3v) is 4.39. The molecule has 0 atom stereocenters. The molecule has 0 unspecified atom stereocenters. The maximum atomic E-state index is 14.3. The quantitative estimate of drug-likeness (QED) is 0.469. The predicted molar refractivity (Wildman–Crippen MR) is 109 cm³/mol. The maximum absolute atomic E-state index is 14.3. The molecule has 0 N–H and O–H groups in total. The van der Waals surface area contributed by atoms with Crippen LogP contribution in [-0.4, -0.2) is 6.61 Å². The number of aryl methyl sites for hydroxylation is 1. The SMILES string of the molecule is CCCc1ccc(C#Cc2ccc(-c3ccc(OCC)c(F)c3F)cc2)cc1. The van der Waals surface area contributed by atoms with Crippen molar-refractivity contribution in [3.05, 3.63) is 89.0 Å². The Balaban J connectivity index is 1.78. The van der Waals surface area contributed by atoms with Crippen molar-refractivity contribution in [3.63, 3.8) is 0 Å². The first-order chi connectivity index (χ1) is 13.6. The Labute approximate surface area is 165 Å². The Morgan fingerprint density at radius 2 is 1.36 bits per heavy atom. The summed E-state index contributed by atoms with van der Waals surface area (Å²) < 4.78 is 33.5. The van der Waals surface area contributed by atoms with Gasteiger partial charge >= 0.3 is 0 Å². The van der Waals surface area contributed by atoms with Gasteiger partial charge in [0.2, 0.25) is 5.82 Å². The van der Waals surface area contributed by atoms with Crippen molar-refractivity contribution in [3.8, 4) is 28.7 Å². The molecule has 0 aromatic heterocycles. The smallest absolute Gasteiger partial charge is 0.201 e. The predicted octanol–water partition coefficient (Wildman–Crippen LogP) is 6.38. The minimum absolute atomic E-state index is 0.0730. The van der Waals surface area contributed by atoms with Crippen LogP contribution in [0, 0.1) is 23.5 Å². The number of hydrogen-bond acceptors (Lipinski definition) is 1. The highest BCUT2D eigenvalue weighted by Gasteiger charge is 2.15. The van der Waals surface area contributed by atoms with Gasteiger partial charge < -0.3 is 4.74 Å². The first-order valence-electron chi connectivity index (χ1n) is 9.44. The average Bonchev–Trinajstić information content (AvgIpc) is 2.72. The van der Waals surface area contributed by atoms with E-state index in [2.05, 4.69) is 30.9 Å². The van der Waals surface area contributed by atoms with Crippen LogP contribution in [0.5, 0.6) is 5.75 Å². The van der Waals surface area contributed by atoms with Gasteiger partial charge in [-0.3, -0.25) is 0 Å². The van der Waals surface area contributed by atoms with Gasteiger partial charge in [-0.1, -0.05) is 49.5 Å². The lowest BCUT2D eigenvalue weighted by molar-refractivity contribution is 0.314. The van der Waals surface area contributed by atoms with E-state index in [1.54, 1.807) is 19.1 Å². The van der Waals surface area contributed by atoms with Gasteiger partial charge in [-0.25, -0.2) is 4.39 Å². The summed E-state index contributed by atoms with van der Waals surface area (Å²) in [6.07, 6.45) is 2.19. The van der Waals surface area contributed by atoms with Gasteiger partial charge in [0, 0.05) is 16.7 Å². The van der Waals surface area contributed by atoms with Gasteiger partial charge in [0.15, 0.2) is 11.6 Å². The van der Waals surface area contributed by atoms with Crippen molar-refractivity contribution in [1.82, 2.24) is 0 Å². The van der Waals surface area contributed by atoms with Crippen molar-refractivity contribution in [2.45, 2.75) is 26.7 Å². The summed E-state index contributed by atoms with van der Waals surface area (Å²) in [5.74, 6) is 4.29.